The number of nitrogens with zero attached hydrogens (tertiary/aromatic N) is 1. The van der Waals surface area contributed by atoms with Crippen LogP contribution in [-0.2, 0) is 0 Å². The smallest absolute Gasteiger partial charge is 0.144 e. The van der Waals surface area contributed by atoms with E-state index in [9.17, 15) is 0 Å². The Kier molecular flexibility index (Phi) is 4.23. The average Bonchev–Trinajstić information content (AvgIpc) is 2.44. The summed E-state index contributed by atoms with van der Waals surface area (Å²) in [5.74, 6) is 0.717. The molecule has 0 radical (unpaired) electrons. The first-order chi connectivity index (χ1) is 9.22. The third-order valence-electron chi connectivity index (χ3n) is 2.94. The summed E-state index contributed by atoms with van der Waals surface area (Å²) in [7, 11) is 0. The molecule has 1 unspecified atom stereocenters. The van der Waals surface area contributed by atoms with E-state index in [0.717, 1.165) is 17.0 Å². The van der Waals surface area contributed by atoms with Gasteiger partial charge in [0.2, 0.25) is 0 Å². The third kappa shape index (κ3) is 3.16. The Morgan fingerprint density at radius 1 is 1.26 bits per heavy atom. The Morgan fingerprint density at radius 3 is 2.68 bits per heavy atom. The number of ether oxygens (including phenoxy) is 1. The maximum absolute atomic E-state index is 6.10. The van der Waals surface area contributed by atoms with Crippen LogP contribution in [0.4, 0.5) is 11.4 Å². The van der Waals surface area contributed by atoms with Gasteiger partial charge in [-0.2, -0.15) is 0 Å². The zero-order valence-electron chi connectivity index (χ0n) is 11.3. The number of pyridine rings is 1. The fraction of sp³-hybridized carbons (Fsp3) is 0.267. The van der Waals surface area contributed by atoms with Crippen LogP contribution in [0.3, 0.4) is 0 Å². The minimum absolute atomic E-state index is 0.155. The normalized spacial score (nSPS) is 11.9. The van der Waals surface area contributed by atoms with Gasteiger partial charge in [-0.25, -0.2) is 0 Å². The molecular formula is C15H19N3O. The van der Waals surface area contributed by atoms with Crippen LogP contribution in [0.25, 0.3) is 0 Å². The summed E-state index contributed by atoms with van der Waals surface area (Å²) in [6.45, 7) is 4.63. The maximum Gasteiger partial charge on any atom is 0.144 e. The molecule has 0 saturated carbocycles. The standard InChI is InChI=1S/C15H19N3O/c1-3-19-14-6-4-5-13(15(14)16)18-11(2)12-7-9-17-10-8-12/h4-11,18H,3,16H2,1-2H3. The monoisotopic (exact) mass is 257 g/mol. The quantitative estimate of drug-likeness (QED) is 0.807. The number of aromatic nitrogens is 1. The molecule has 19 heavy (non-hydrogen) atoms. The Morgan fingerprint density at radius 2 is 2.00 bits per heavy atom. The van der Waals surface area contributed by atoms with Gasteiger partial charge in [-0.3, -0.25) is 4.98 Å². The molecule has 1 aromatic heterocycles. The number of para-hydroxylation sites is 1. The summed E-state index contributed by atoms with van der Waals surface area (Å²) in [6, 6.07) is 9.89. The number of anilines is 2. The second kappa shape index (κ2) is 6.09. The molecular weight excluding hydrogens is 238 g/mol. The van der Waals surface area contributed by atoms with Crippen LogP contribution in [-0.4, -0.2) is 11.6 Å². The van der Waals surface area contributed by atoms with Gasteiger partial charge in [0.1, 0.15) is 5.75 Å². The first-order valence-electron chi connectivity index (χ1n) is 6.40. The first kappa shape index (κ1) is 13.2. The van der Waals surface area contributed by atoms with E-state index >= 15 is 0 Å². The first-order valence-corrected chi connectivity index (χ1v) is 6.40. The number of nitrogens with two attached hydrogens (primary N) is 1. The molecule has 0 aliphatic carbocycles. The predicted molar refractivity (Wildman–Crippen MR) is 78.3 cm³/mol. The van der Waals surface area contributed by atoms with Gasteiger partial charge in [-0.1, -0.05) is 6.07 Å². The van der Waals surface area contributed by atoms with Gasteiger partial charge in [0.25, 0.3) is 0 Å². The van der Waals surface area contributed by atoms with Crippen molar-refractivity contribution in [2.75, 3.05) is 17.7 Å². The number of rotatable bonds is 5. The van der Waals surface area contributed by atoms with Crippen molar-refractivity contribution in [2.45, 2.75) is 19.9 Å². The van der Waals surface area contributed by atoms with Crippen LogP contribution in [0.2, 0.25) is 0 Å². The molecule has 4 nitrogen and oxygen atoms in total. The van der Waals surface area contributed by atoms with E-state index in [4.69, 9.17) is 10.5 Å². The van der Waals surface area contributed by atoms with Gasteiger partial charge >= 0.3 is 0 Å². The van der Waals surface area contributed by atoms with Gasteiger partial charge in [0.15, 0.2) is 0 Å². The molecule has 0 amide bonds. The molecule has 0 bridgehead atoms. The lowest BCUT2D eigenvalue weighted by atomic mass is 10.1. The maximum atomic E-state index is 6.10. The predicted octanol–water partition coefficient (Wildman–Crippen LogP) is 3.24. The number of nitrogens with one attached hydrogen (secondary N) is 1. The van der Waals surface area contributed by atoms with E-state index in [0.29, 0.717) is 12.3 Å². The second-order valence-corrected chi connectivity index (χ2v) is 4.30. The van der Waals surface area contributed by atoms with Gasteiger partial charge < -0.3 is 15.8 Å². The van der Waals surface area contributed by atoms with E-state index in [-0.39, 0.29) is 6.04 Å². The van der Waals surface area contributed by atoms with Crippen LogP contribution in [0.15, 0.2) is 42.7 Å². The molecule has 0 spiro atoms. The SMILES string of the molecule is CCOc1cccc(NC(C)c2ccncc2)c1N. The van der Waals surface area contributed by atoms with Gasteiger partial charge in [-0.15, -0.1) is 0 Å². The average molecular weight is 257 g/mol. The lowest BCUT2D eigenvalue weighted by Crippen LogP contribution is -2.09. The van der Waals surface area contributed by atoms with Crippen molar-refractivity contribution in [3.8, 4) is 5.75 Å². The Bertz CT molecular complexity index is 528. The molecule has 4 heteroatoms. The highest BCUT2D eigenvalue weighted by molar-refractivity contribution is 5.73. The number of benzene rings is 1. The highest BCUT2D eigenvalue weighted by atomic mass is 16.5. The van der Waals surface area contributed by atoms with E-state index in [1.807, 2.05) is 37.3 Å². The number of hydrogen-bond acceptors (Lipinski definition) is 4. The van der Waals surface area contributed by atoms with Crippen LogP contribution in [0.5, 0.6) is 5.75 Å². The largest absolute Gasteiger partial charge is 0.492 e. The van der Waals surface area contributed by atoms with Crippen molar-refractivity contribution < 1.29 is 4.74 Å². The Hall–Kier alpha value is -2.23. The summed E-state index contributed by atoms with van der Waals surface area (Å²) >= 11 is 0. The second-order valence-electron chi connectivity index (χ2n) is 4.30. The topological polar surface area (TPSA) is 60.2 Å². The minimum atomic E-state index is 0.155. The highest BCUT2D eigenvalue weighted by Gasteiger charge is 2.09. The molecule has 2 aromatic rings. The lowest BCUT2D eigenvalue weighted by Gasteiger charge is -2.18. The van der Waals surface area contributed by atoms with E-state index in [1.54, 1.807) is 12.4 Å². The van der Waals surface area contributed by atoms with E-state index in [1.165, 1.54) is 0 Å². The molecule has 3 N–H and O–H groups in total. The summed E-state index contributed by atoms with van der Waals surface area (Å²) < 4.78 is 5.49. The summed E-state index contributed by atoms with van der Waals surface area (Å²) in [6.07, 6.45) is 3.57. The molecule has 2 rings (SSSR count). The molecule has 1 heterocycles. The summed E-state index contributed by atoms with van der Waals surface area (Å²) in [5.41, 5.74) is 8.79. The van der Waals surface area contributed by atoms with Crippen molar-refractivity contribution >= 4 is 11.4 Å². The van der Waals surface area contributed by atoms with Crippen molar-refractivity contribution in [3.05, 3.63) is 48.3 Å². The third-order valence-corrected chi connectivity index (χ3v) is 2.94. The number of nitrogen functional groups attached to an aromatic ring is 1. The van der Waals surface area contributed by atoms with Crippen molar-refractivity contribution in [3.63, 3.8) is 0 Å². The fourth-order valence-corrected chi connectivity index (χ4v) is 1.92. The van der Waals surface area contributed by atoms with Gasteiger partial charge in [0.05, 0.1) is 18.0 Å². The summed E-state index contributed by atoms with van der Waals surface area (Å²) in [5, 5.41) is 3.39. The summed E-state index contributed by atoms with van der Waals surface area (Å²) in [4.78, 5) is 4.02. The highest BCUT2D eigenvalue weighted by Crippen LogP contribution is 2.31. The van der Waals surface area contributed by atoms with Crippen LogP contribution >= 0.6 is 0 Å². The van der Waals surface area contributed by atoms with E-state index < -0.39 is 0 Å². The van der Waals surface area contributed by atoms with Crippen molar-refractivity contribution in [2.24, 2.45) is 0 Å². The molecule has 0 fully saturated rings. The lowest BCUT2D eigenvalue weighted by molar-refractivity contribution is 0.342. The zero-order chi connectivity index (χ0) is 13.7. The molecule has 1 atom stereocenters. The van der Waals surface area contributed by atoms with Crippen LogP contribution < -0.4 is 15.8 Å². The molecule has 0 aliphatic rings. The molecule has 0 saturated heterocycles. The Balaban J connectivity index is 2.17. The van der Waals surface area contributed by atoms with Gasteiger partial charge in [-0.05, 0) is 43.7 Å². The van der Waals surface area contributed by atoms with E-state index in [2.05, 4.69) is 17.2 Å². The fourth-order valence-electron chi connectivity index (χ4n) is 1.92. The molecule has 100 valence electrons. The number of hydrogen-bond donors (Lipinski definition) is 2. The molecule has 1 aromatic carbocycles. The molecule has 0 aliphatic heterocycles. The minimum Gasteiger partial charge on any atom is -0.492 e. The van der Waals surface area contributed by atoms with Gasteiger partial charge in [0, 0.05) is 18.4 Å². The van der Waals surface area contributed by atoms with Crippen LogP contribution in [0.1, 0.15) is 25.5 Å². The van der Waals surface area contributed by atoms with Crippen LogP contribution in [0, 0.1) is 0 Å². The zero-order valence-corrected chi connectivity index (χ0v) is 11.3. The Labute approximate surface area is 113 Å². The van der Waals surface area contributed by atoms with Crippen molar-refractivity contribution in [1.29, 1.82) is 0 Å². The van der Waals surface area contributed by atoms with Crippen molar-refractivity contribution in [1.82, 2.24) is 4.98 Å².